The maximum Gasteiger partial charge on any atom is 0.269 e. The van der Waals surface area contributed by atoms with Gasteiger partial charge in [0.2, 0.25) is 0 Å². The van der Waals surface area contributed by atoms with Crippen molar-refractivity contribution in [3.8, 4) is 0 Å². The highest BCUT2D eigenvalue weighted by molar-refractivity contribution is 6.31. The summed E-state index contributed by atoms with van der Waals surface area (Å²) in [5.74, 6) is -2.30. The van der Waals surface area contributed by atoms with E-state index in [4.69, 9.17) is 11.6 Å². The predicted octanol–water partition coefficient (Wildman–Crippen LogP) is 1.10. The number of aliphatic carboxylic acids is 1. The summed E-state index contributed by atoms with van der Waals surface area (Å²) in [6.45, 7) is 1.36. The van der Waals surface area contributed by atoms with Crippen molar-refractivity contribution in [1.29, 1.82) is 0 Å². The summed E-state index contributed by atoms with van der Waals surface area (Å²) in [5, 5.41) is 21.2. The highest BCUT2D eigenvalue weighted by Crippen LogP contribution is 2.28. The standard InChI is InChI=1S/C9H8ClNO4/c1-5(9(12)13)7-4-6(11(14)15)2-3-8(7)10/h2-5H,1H3,(H,12,13)/p-1. The van der Waals surface area contributed by atoms with Crippen LogP contribution in [0, 0.1) is 10.1 Å². The van der Waals surface area contributed by atoms with E-state index in [2.05, 4.69) is 0 Å². The first-order chi connectivity index (χ1) is 6.93. The summed E-state index contributed by atoms with van der Waals surface area (Å²) < 4.78 is 0. The van der Waals surface area contributed by atoms with E-state index in [1.807, 2.05) is 0 Å². The van der Waals surface area contributed by atoms with Gasteiger partial charge in [0.05, 0.1) is 4.92 Å². The van der Waals surface area contributed by atoms with Gasteiger partial charge >= 0.3 is 0 Å². The predicted molar refractivity (Wildman–Crippen MR) is 51.5 cm³/mol. The van der Waals surface area contributed by atoms with Gasteiger partial charge < -0.3 is 9.90 Å². The quantitative estimate of drug-likeness (QED) is 0.573. The van der Waals surface area contributed by atoms with E-state index < -0.39 is 16.8 Å². The van der Waals surface area contributed by atoms with E-state index in [9.17, 15) is 20.0 Å². The number of non-ortho nitro benzene ring substituents is 1. The molecule has 1 aromatic carbocycles. The number of halogens is 1. The zero-order valence-corrected chi connectivity index (χ0v) is 8.52. The molecule has 0 aliphatic rings. The Labute approximate surface area is 90.4 Å². The van der Waals surface area contributed by atoms with Crippen LogP contribution in [-0.2, 0) is 4.79 Å². The maximum absolute atomic E-state index is 10.6. The molecule has 0 N–H and O–H groups in total. The third-order valence-corrected chi connectivity index (χ3v) is 2.35. The smallest absolute Gasteiger partial charge is 0.269 e. The molecule has 0 saturated carbocycles. The fraction of sp³-hybridized carbons (Fsp3) is 0.222. The number of rotatable bonds is 3. The SMILES string of the molecule is CC(C(=O)[O-])c1cc([N+](=O)[O-])ccc1Cl. The van der Waals surface area contributed by atoms with Gasteiger partial charge in [-0.05, 0) is 11.6 Å². The molecule has 1 unspecified atom stereocenters. The van der Waals surface area contributed by atoms with Crippen LogP contribution >= 0.6 is 11.6 Å². The molecule has 1 rings (SSSR count). The molecule has 5 nitrogen and oxygen atoms in total. The number of benzene rings is 1. The van der Waals surface area contributed by atoms with Gasteiger partial charge in [-0.2, -0.15) is 0 Å². The van der Waals surface area contributed by atoms with Crippen LogP contribution in [0.25, 0.3) is 0 Å². The van der Waals surface area contributed by atoms with Gasteiger partial charge in [0.1, 0.15) is 0 Å². The van der Waals surface area contributed by atoms with Crippen LogP contribution in [0.1, 0.15) is 18.4 Å². The van der Waals surface area contributed by atoms with Crippen molar-refractivity contribution in [2.45, 2.75) is 12.8 Å². The molecule has 0 radical (unpaired) electrons. The van der Waals surface area contributed by atoms with Gasteiger partial charge in [-0.15, -0.1) is 0 Å². The molecule has 0 aromatic heterocycles. The van der Waals surface area contributed by atoms with Crippen LogP contribution in [0.4, 0.5) is 5.69 Å². The molecule has 80 valence electrons. The summed E-state index contributed by atoms with van der Waals surface area (Å²) in [6.07, 6.45) is 0. The van der Waals surface area contributed by atoms with Crippen molar-refractivity contribution in [2.75, 3.05) is 0 Å². The van der Waals surface area contributed by atoms with Crippen LogP contribution < -0.4 is 5.11 Å². The molecule has 6 heteroatoms. The maximum atomic E-state index is 10.6. The van der Waals surface area contributed by atoms with Crippen LogP contribution in [0.15, 0.2) is 18.2 Å². The van der Waals surface area contributed by atoms with Gasteiger partial charge in [-0.3, -0.25) is 10.1 Å². The van der Waals surface area contributed by atoms with Gasteiger partial charge in [0.25, 0.3) is 5.69 Å². The lowest BCUT2D eigenvalue weighted by molar-refractivity contribution is -0.384. The van der Waals surface area contributed by atoms with E-state index in [-0.39, 0.29) is 16.3 Å². The number of hydrogen-bond acceptors (Lipinski definition) is 4. The number of carbonyl (C=O) groups is 1. The van der Waals surface area contributed by atoms with Crippen LogP contribution in [0.2, 0.25) is 5.02 Å². The summed E-state index contributed by atoms with van der Waals surface area (Å²) in [6, 6.07) is 3.66. The Kier molecular flexibility index (Phi) is 3.26. The third-order valence-electron chi connectivity index (χ3n) is 2.01. The van der Waals surface area contributed by atoms with Crippen molar-refractivity contribution in [3.63, 3.8) is 0 Å². The average Bonchev–Trinajstić information content (AvgIpc) is 2.16. The number of carboxylic acids is 1. The summed E-state index contributed by atoms with van der Waals surface area (Å²) in [5.41, 5.74) is -0.00614. The first-order valence-electron chi connectivity index (χ1n) is 4.08. The first kappa shape index (κ1) is 11.5. The van der Waals surface area contributed by atoms with E-state index in [0.29, 0.717) is 0 Å². The molecule has 15 heavy (non-hydrogen) atoms. The number of nitro benzene ring substituents is 1. The minimum atomic E-state index is -1.32. The van der Waals surface area contributed by atoms with Gasteiger partial charge in [0.15, 0.2) is 0 Å². The zero-order valence-electron chi connectivity index (χ0n) is 7.77. The monoisotopic (exact) mass is 228 g/mol. The lowest BCUT2D eigenvalue weighted by atomic mass is 10.0. The Morgan fingerprint density at radius 1 is 1.53 bits per heavy atom. The highest BCUT2D eigenvalue weighted by atomic mass is 35.5. The van der Waals surface area contributed by atoms with Crippen LogP contribution in [-0.4, -0.2) is 10.9 Å². The normalized spacial score (nSPS) is 12.1. The third kappa shape index (κ3) is 2.44. The molecule has 0 heterocycles. The number of nitro groups is 1. The van der Waals surface area contributed by atoms with E-state index in [1.54, 1.807) is 0 Å². The Morgan fingerprint density at radius 3 is 2.60 bits per heavy atom. The van der Waals surface area contributed by atoms with Crippen molar-refractivity contribution in [3.05, 3.63) is 38.9 Å². The molecule has 1 aromatic rings. The fourth-order valence-corrected chi connectivity index (χ4v) is 1.38. The van der Waals surface area contributed by atoms with Crippen LogP contribution in [0.3, 0.4) is 0 Å². The molecule has 0 fully saturated rings. The second-order valence-electron chi connectivity index (χ2n) is 3.00. The summed E-state index contributed by atoms with van der Waals surface area (Å²) >= 11 is 5.73. The molecule has 1 atom stereocenters. The van der Waals surface area contributed by atoms with Crippen molar-refractivity contribution in [1.82, 2.24) is 0 Å². The fourth-order valence-electron chi connectivity index (χ4n) is 1.10. The Balaban J connectivity index is 3.22. The van der Waals surface area contributed by atoms with E-state index in [0.717, 1.165) is 6.07 Å². The van der Waals surface area contributed by atoms with Crippen LogP contribution in [0.5, 0.6) is 0 Å². The lowest BCUT2D eigenvalue weighted by Crippen LogP contribution is -2.28. The number of nitrogens with zero attached hydrogens (tertiary/aromatic N) is 1. The molecule has 0 bridgehead atoms. The second kappa shape index (κ2) is 4.27. The number of hydrogen-bond donors (Lipinski definition) is 0. The Bertz CT molecular complexity index is 419. The topological polar surface area (TPSA) is 83.3 Å². The minimum absolute atomic E-state index is 0.178. The largest absolute Gasteiger partial charge is 0.550 e. The Morgan fingerprint density at radius 2 is 2.13 bits per heavy atom. The second-order valence-corrected chi connectivity index (χ2v) is 3.41. The van der Waals surface area contributed by atoms with Gasteiger partial charge in [-0.25, -0.2) is 0 Å². The molecule has 0 amide bonds. The molecular weight excluding hydrogens is 222 g/mol. The average molecular weight is 229 g/mol. The van der Waals surface area contributed by atoms with Gasteiger partial charge in [0, 0.05) is 29.0 Å². The molecule has 0 aliphatic carbocycles. The minimum Gasteiger partial charge on any atom is -0.550 e. The highest BCUT2D eigenvalue weighted by Gasteiger charge is 2.15. The Hall–Kier alpha value is -1.62. The lowest BCUT2D eigenvalue weighted by Gasteiger charge is -2.13. The molecule has 0 saturated heterocycles. The first-order valence-corrected chi connectivity index (χ1v) is 4.46. The number of carbonyl (C=O) groups excluding carboxylic acids is 1. The van der Waals surface area contributed by atoms with Gasteiger partial charge in [-0.1, -0.05) is 18.5 Å². The van der Waals surface area contributed by atoms with Crippen molar-refractivity contribution in [2.24, 2.45) is 0 Å². The van der Waals surface area contributed by atoms with Crippen molar-refractivity contribution < 1.29 is 14.8 Å². The summed E-state index contributed by atoms with van der Waals surface area (Å²) in [4.78, 5) is 20.4. The molecule has 0 aliphatic heterocycles. The number of carboxylic acid groups (broad SMARTS) is 1. The van der Waals surface area contributed by atoms with Crippen molar-refractivity contribution >= 4 is 23.3 Å². The molecule has 0 spiro atoms. The molecular formula is C9H7ClNO4-. The van der Waals surface area contributed by atoms with E-state index in [1.165, 1.54) is 19.1 Å². The zero-order chi connectivity index (χ0) is 11.6. The summed E-state index contributed by atoms with van der Waals surface area (Å²) in [7, 11) is 0. The van der Waals surface area contributed by atoms with E-state index >= 15 is 0 Å².